The van der Waals surface area contributed by atoms with E-state index in [9.17, 15) is 0 Å². The second-order valence-corrected chi connectivity index (χ2v) is 3.85. The summed E-state index contributed by atoms with van der Waals surface area (Å²) in [5.41, 5.74) is 4.15. The van der Waals surface area contributed by atoms with Crippen molar-refractivity contribution in [2.45, 2.75) is 38.1 Å². The summed E-state index contributed by atoms with van der Waals surface area (Å²) < 4.78 is 0. The molecule has 1 heterocycles. The Morgan fingerprint density at radius 3 is 2.75 bits per heavy atom. The number of unbranched alkanes of at least 4 members (excludes halogenated alkanes) is 1. The lowest BCUT2D eigenvalue weighted by Gasteiger charge is -2.14. The van der Waals surface area contributed by atoms with Gasteiger partial charge in [-0.05, 0) is 43.4 Å². The van der Waals surface area contributed by atoms with Crippen LogP contribution in [0.3, 0.4) is 0 Å². The Morgan fingerprint density at radius 2 is 2.12 bits per heavy atom. The number of pyridine rings is 1. The van der Waals surface area contributed by atoms with E-state index in [0.717, 1.165) is 32.1 Å². The van der Waals surface area contributed by atoms with Crippen LogP contribution in [-0.4, -0.2) is 11.0 Å². The molecule has 0 aromatic carbocycles. The van der Waals surface area contributed by atoms with Crippen LogP contribution in [0.5, 0.6) is 0 Å². The van der Waals surface area contributed by atoms with Gasteiger partial charge >= 0.3 is 0 Å². The SMILES string of the molecule is C#CCCCC(CCc1ccncc1)NN. The fourth-order valence-electron chi connectivity index (χ4n) is 1.65. The fourth-order valence-corrected chi connectivity index (χ4v) is 1.65. The number of rotatable bonds is 7. The van der Waals surface area contributed by atoms with Crippen LogP contribution in [0.1, 0.15) is 31.2 Å². The lowest BCUT2D eigenvalue weighted by atomic mass is 10.0. The number of terminal acetylenes is 1. The first-order valence-corrected chi connectivity index (χ1v) is 5.65. The standard InChI is InChI=1S/C13H19N3/c1-2-3-4-5-13(16-14)7-6-12-8-10-15-11-9-12/h1,8-11,13,16H,3-7,14H2. The number of hydrogen-bond acceptors (Lipinski definition) is 3. The van der Waals surface area contributed by atoms with E-state index < -0.39 is 0 Å². The first kappa shape index (κ1) is 12.7. The molecule has 3 N–H and O–H groups in total. The third kappa shape index (κ3) is 4.92. The van der Waals surface area contributed by atoms with Gasteiger partial charge < -0.3 is 0 Å². The van der Waals surface area contributed by atoms with E-state index in [2.05, 4.69) is 16.3 Å². The lowest BCUT2D eigenvalue weighted by Crippen LogP contribution is -2.35. The van der Waals surface area contributed by atoms with Crippen molar-refractivity contribution in [2.24, 2.45) is 5.84 Å². The van der Waals surface area contributed by atoms with Gasteiger partial charge in [-0.25, -0.2) is 0 Å². The average Bonchev–Trinajstić information content (AvgIpc) is 2.35. The van der Waals surface area contributed by atoms with E-state index in [0.29, 0.717) is 6.04 Å². The molecule has 1 unspecified atom stereocenters. The Morgan fingerprint density at radius 1 is 1.38 bits per heavy atom. The van der Waals surface area contributed by atoms with Crippen LogP contribution >= 0.6 is 0 Å². The molecule has 0 aliphatic rings. The first-order valence-electron chi connectivity index (χ1n) is 5.65. The first-order chi connectivity index (χ1) is 7.86. The molecule has 0 spiro atoms. The molecule has 0 saturated carbocycles. The summed E-state index contributed by atoms with van der Waals surface area (Å²) in [6.07, 6.45) is 13.8. The topological polar surface area (TPSA) is 50.9 Å². The highest BCUT2D eigenvalue weighted by atomic mass is 15.2. The van der Waals surface area contributed by atoms with Crippen molar-refractivity contribution in [3.8, 4) is 12.3 Å². The van der Waals surface area contributed by atoms with E-state index in [1.807, 2.05) is 24.5 Å². The summed E-state index contributed by atoms with van der Waals surface area (Å²) in [6.45, 7) is 0. The highest BCUT2D eigenvalue weighted by Crippen LogP contribution is 2.08. The lowest BCUT2D eigenvalue weighted by molar-refractivity contribution is 0.454. The summed E-state index contributed by atoms with van der Waals surface area (Å²) in [5, 5.41) is 0. The molecule has 0 bridgehead atoms. The molecule has 1 atom stereocenters. The Kier molecular flexibility index (Phi) is 6.24. The van der Waals surface area contributed by atoms with E-state index in [1.54, 1.807) is 0 Å². The summed E-state index contributed by atoms with van der Waals surface area (Å²) in [6, 6.07) is 4.42. The number of aryl methyl sites for hydroxylation is 1. The summed E-state index contributed by atoms with van der Waals surface area (Å²) >= 11 is 0. The summed E-state index contributed by atoms with van der Waals surface area (Å²) in [5.74, 6) is 8.15. The second kappa shape index (κ2) is 7.86. The number of nitrogens with two attached hydrogens (primary N) is 1. The maximum Gasteiger partial charge on any atom is 0.0270 e. The molecule has 16 heavy (non-hydrogen) atoms. The zero-order chi connectivity index (χ0) is 11.6. The number of hydrazine groups is 1. The van der Waals surface area contributed by atoms with Gasteiger partial charge in [0, 0.05) is 24.9 Å². The van der Waals surface area contributed by atoms with Crippen LogP contribution in [-0.2, 0) is 6.42 Å². The van der Waals surface area contributed by atoms with Gasteiger partial charge in [0.2, 0.25) is 0 Å². The van der Waals surface area contributed by atoms with Crippen molar-refractivity contribution in [1.29, 1.82) is 0 Å². The molecule has 0 radical (unpaired) electrons. The molecule has 1 aromatic rings. The Labute approximate surface area is 97.4 Å². The smallest absolute Gasteiger partial charge is 0.0270 e. The van der Waals surface area contributed by atoms with Crippen molar-refractivity contribution in [2.75, 3.05) is 0 Å². The molecule has 0 amide bonds. The van der Waals surface area contributed by atoms with Crippen molar-refractivity contribution < 1.29 is 0 Å². The van der Waals surface area contributed by atoms with E-state index in [-0.39, 0.29) is 0 Å². The number of nitrogens with zero attached hydrogens (tertiary/aromatic N) is 1. The van der Waals surface area contributed by atoms with E-state index in [1.165, 1.54) is 5.56 Å². The van der Waals surface area contributed by atoms with Crippen LogP contribution in [0, 0.1) is 12.3 Å². The maximum atomic E-state index is 5.51. The molecule has 3 nitrogen and oxygen atoms in total. The minimum atomic E-state index is 0.349. The van der Waals surface area contributed by atoms with Crippen molar-refractivity contribution in [1.82, 2.24) is 10.4 Å². The molecule has 1 rings (SSSR count). The Bertz CT molecular complexity index is 316. The number of aromatic nitrogens is 1. The van der Waals surface area contributed by atoms with Gasteiger partial charge in [-0.2, -0.15) is 0 Å². The highest BCUT2D eigenvalue weighted by Gasteiger charge is 2.05. The van der Waals surface area contributed by atoms with Crippen LogP contribution in [0.15, 0.2) is 24.5 Å². The highest BCUT2D eigenvalue weighted by molar-refractivity contribution is 5.09. The van der Waals surface area contributed by atoms with Crippen molar-refractivity contribution in [3.05, 3.63) is 30.1 Å². The number of nitrogens with one attached hydrogen (secondary N) is 1. The Hall–Kier alpha value is -1.37. The molecule has 0 fully saturated rings. The average molecular weight is 217 g/mol. The van der Waals surface area contributed by atoms with E-state index >= 15 is 0 Å². The van der Waals surface area contributed by atoms with Crippen LogP contribution in [0.25, 0.3) is 0 Å². The van der Waals surface area contributed by atoms with E-state index in [4.69, 9.17) is 12.3 Å². The molecular formula is C13H19N3. The zero-order valence-corrected chi connectivity index (χ0v) is 9.52. The molecule has 86 valence electrons. The van der Waals surface area contributed by atoms with Gasteiger partial charge in [-0.3, -0.25) is 16.3 Å². The van der Waals surface area contributed by atoms with Gasteiger partial charge in [0.25, 0.3) is 0 Å². The maximum absolute atomic E-state index is 5.51. The molecule has 0 saturated heterocycles. The molecule has 0 aliphatic heterocycles. The molecule has 3 heteroatoms. The van der Waals surface area contributed by atoms with Gasteiger partial charge in [0.05, 0.1) is 0 Å². The minimum Gasteiger partial charge on any atom is -0.271 e. The van der Waals surface area contributed by atoms with Crippen LogP contribution in [0.4, 0.5) is 0 Å². The normalized spacial score (nSPS) is 12.0. The quantitative estimate of drug-likeness (QED) is 0.316. The van der Waals surface area contributed by atoms with Gasteiger partial charge in [-0.1, -0.05) is 0 Å². The molecular weight excluding hydrogens is 198 g/mol. The monoisotopic (exact) mass is 217 g/mol. The van der Waals surface area contributed by atoms with Gasteiger partial charge in [0.1, 0.15) is 0 Å². The molecule has 1 aromatic heterocycles. The van der Waals surface area contributed by atoms with Gasteiger partial charge in [0.15, 0.2) is 0 Å². The Balaban J connectivity index is 2.26. The molecule has 0 aliphatic carbocycles. The van der Waals surface area contributed by atoms with Crippen LogP contribution in [0.2, 0.25) is 0 Å². The predicted molar refractivity (Wildman–Crippen MR) is 66.4 cm³/mol. The second-order valence-electron chi connectivity index (χ2n) is 3.85. The van der Waals surface area contributed by atoms with Crippen molar-refractivity contribution in [3.63, 3.8) is 0 Å². The van der Waals surface area contributed by atoms with Crippen LogP contribution < -0.4 is 11.3 Å². The largest absolute Gasteiger partial charge is 0.271 e. The fraction of sp³-hybridized carbons (Fsp3) is 0.462. The minimum absolute atomic E-state index is 0.349. The van der Waals surface area contributed by atoms with Gasteiger partial charge in [-0.15, -0.1) is 12.3 Å². The number of hydrogen-bond donors (Lipinski definition) is 2. The third-order valence-electron chi connectivity index (χ3n) is 2.64. The van der Waals surface area contributed by atoms with Crippen molar-refractivity contribution >= 4 is 0 Å². The predicted octanol–water partition coefficient (Wildman–Crippen LogP) is 1.65. The third-order valence-corrected chi connectivity index (χ3v) is 2.64. The zero-order valence-electron chi connectivity index (χ0n) is 9.52. The summed E-state index contributed by atoms with van der Waals surface area (Å²) in [4.78, 5) is 3.99. The summed E-state index contributed by atoms with van der Waals surface area (Å²) in [7, 11) is 0.